The van der Waals surface area contributed by atoms with Crippen molar-refractivity contribution in [2.75, 3.05) is 0 Å². The maximum Gasteiger partial charge on any atom is 0.0652 e. The van der Waals surface area contributed by atoms with E-state index in [2.05, 4.69) is 38.1 Å². The van der Waals surface area contributed by atoms with Crippen molar-refractivity contribution in [2.24, 2.45) is 5.92 Å². The quantitative estimate of drug-likeness (QED) is 0.708. The molecule has 0 aliphatic rings. The number of nitriles is 1. The molecule has 1 aromatic carbocycles. The minimum Gasteiger partial charge on any atom is -0.198 e. The van der Waals surface area contributed by atoms with E-state index in [1.807, 2.05) is 6.92 Å². The summed E-state index contributed by atoms with van der Waals surface area (Å²) in [7, 11) is 0. The Hall–Kier alpha value is -1.29. The summed E-state index contributed by atoms with van der Waals surface area (Å²) in [5.74, 6) is 0.189. The summed E-state index contributed by atoms with van der Waals surface area (Å²) < 4.78 is 0. The Labute approximate surface area is 105 Å². The Bertz CT molecular complexity index is 387. The molecule has 0 bridgehead atoms. The predicted molar refractivity (Wildman–Crippen MR) is 72.9 cm³/mol. The van der Waals surface area contributed by atoms with Gasteiger partial charge in [-0.15, -0.1) is 0 Å². The summed E-state index contributed by atoms with van der Waals surface area (Å²) >= 11 is 0. The highest BCUT2D eigenvalue weighted by atomic mass is 14.3. The summed E-state index contributed by atoms with van der Waals surface area (Å²) in [4.78, 5) is 0. The summed E-state index contributed by atoms with van der Waals surface area (Å²) in [6.45, 7) is 6.43. The molecular weight excluding hydrogens is 206 g/mol. The van der Waals surface area contributed by atoms with Crippen molar-refractivity contribution in [3.63, 3.8) is 0 Å². The van der Waals surface area contributed by atoms with Crippen LogP contribution in [0.3, 0.4) is 0 Å². The average molecular weight is 229 g/mol. The van der Waals surface area contributed by atoms with Crippen LogP contribution in [0.4, 0.5) is 0 Å². The Kier molecular flexibility index (Phi) is 5.77. The van der Waals surface area contributed by atoms with Gasteiger partial charge in [0, 0.05) is 5.92 Å². The summed E-state index contributed by atoms with van der Waals surface area (Å²) in [5, 5.41) is 8.78. The molecule has 1 atom stereocenters. The third-order valence-corrected chi connectivity index (χ3v) is 3.31. The van der Waals surface area contributed by atoms with Crippen LogP contribution in [-0.2, 0) is 12.8 Å². The van der Waals surface area contributed by atoms with E-state index in [4.69, 9.17) is 5.26 Å². The molecule has 0 saturated carbocycles. The maximum absolute atomic E-state index is 8.78. The molecule has 0 amide bonds. The molecule has 1 unspecified atom stereocenters. The number of aryl methyl sites for hydroxylation is 2. The first-order chi connectivity index (χ1) is 8.19. The van der Waals surface area contributed by atoms with E-state index in [1.165, 1.54) is 29.5 Å². The molecular formula is C16H23N. The standard InChI is InChI=1S/C16H23N/c1-4-7-15-10-6-9-14(3)16(15)11-5-8-13(2)12-17/h6,9-10,13H,4-5,7-8,11H2,1-3H3. The Morgan fingerprint density at radius 2 is 2.06 bits per heavy atom. The smallest absolute Gasteiger partial charge is 0.0652 e. The van der Waals surface area contributed by atoms with Crippen molar-refractivity contribution in [3.8, 4) is 6.07 Å². The van der Waals surface area contributed by atoms with E-state index >= 15 is 0 Å². The molecule has 0 aliphatic carbocycles. The molecule has 1 heteroatoms. The lowest BCUT2D eigenvalue weighted by Gasteiger charge is -2.12. The Balaban J connectivity index is 2.66. The van der Waals surface area contributed by atoms with E-state index < -0.39 is 0 Å². The first kappa shape index (κ1) is 13.8. The van der Waals surface area contributed by atoms with Crippen molar-refractivity contribution in [3.05, 3.63) is 34.9 Å². The van der Waals surface area contributed by atoms with Crippen molar-refractivity contribution >= 4 is 0 Å². The number of nitrogens with zero attached hydrogens (tertiary/aromatic N) is 1. The van der Waals surface area contributed by atoms with E-state index in [0.29, 0.717) is 0 Å². The number of rotatable bonds is 6. The molecule has 92 valence electrons. The van der Waals surface area contributed by atoms with E-state index in [0.717, 1.165) is 19.3 Å². The van der Waals surface area contributed by atoms with Gasteiger partial charge in [-0.25, -0.2) is 0 Å². The van der Waals surface area contributed by atoms with Crippen LogP contribution >= 0.6 is 0 Å². The van der Waals surface area contributed by atoms with Crippen LogP contribution in [0.5, 0.6) is 0 Å². The Morgan fingerprint density at radius 3 is 2.71 bits per heavy atom. The second-order valence-electron chi connectivity index (χ2n) is 4.88. The lowest BCUT2D eigenvalue weighted by Crippen LogP contribution is -1.99. The SMILES string of the molecule is CCCc1cccc(C)c1CCCC(C)C#N. The van der Waals surface area contributed by atoms with Gasteiger partial charge in [0.15, 0.2) is 0 Å². The van der Waals surface area contributed by atoms with Crippen LogP contribution in [0, 0.1) is 24.2 Å². The molecule has 0 spiro atoms. The van der Waals surface area contributed by atoms with Gasteiger partial charge in [0.25, 0.3) is 0 Å². The van der Waals surface area contributed by atoms with Crippen molar-refractivity contribution < 1.29 is 0 Å². The topological polar surface area (TPSA) is 23.8 Å². The van der Waals surface area contributed by atoms with Crippen LogP contribution in [0.2, 0.25) is 0 Å². The van der Waals surface area contributed by atoms with Crippen LogP contribution in [0.15, 0.2) is 18.2 Å². The Morgan fingerprint density at radius 1 is 1.29 bits per heavy atom. The number of hydrogen-bond donors (Lipinski definition) is 0. The summed E-state index contributed by atoms with van der Waals surface area (Å²) in [6, 6.07) is 8.91. The minimum atomic E-state index is 0.189. The summed E-state index contributed by atoms with van der Waals surface area (Å²) in [6.07, 6.45) is 5.62. The van der Waals surface area contributed by atoms with Gasteiger partial charge in [0.2, 0.25) is 0 Å². The van der Waals surface area contributed by atoms with Crippen molar-refractivity contribution in [1.29, 1.82) is 5.26 Å². The highest BCUT2D eigenvalue weighted by molar-refractivity contribution is 5.34. The van der Waals surface area contributed by atoms with Gasteiger partial charge in [-0.1, -0.05) is 31.5 Å². The zero-order valence-corrected chi connectivity index (χ0v) is 11.3. The van der Waals surface area contributed by atoms with E-state index in [-0.39, 0.29) is 5.92 Å². The molecule has 0 aliphatic heterocycles. The van der Waals surface area contributed by atoms with Gasteiger partial charge in [-0.05, 0) is 56.2 Å². The number of hydrogen-bond acceptors (Lipinski definition) is 1. The molecule has 1 rings (SSSR count). The highest BCUT2D eigenvalue weighted by Crippen LogP contribution is 2.19. The highest BCUT2D eigenvalue weighted by Gasteiger charge is 2.06. The fraction of sp³-hybridized carbons (Fsp3) is 0.562. The van der Waals surface area contributed by atoms with Gasteiger partial charge in [0.05, 0.1) is 6.07 Å². The van der Waals surface area contributed by atoms with Gasteiger partial charge in [-0.3, -0.25) is 0 Å². The van der Waals surface area contributed by atoms with Crippen LogP contribution in [0.1, 0.15) is 49.8 Å². The van der Waals surface area contributed by atoms with E-state index in [1.54, 1.807) is 0 Å². The van der Waals surface area contributed by atoms with Crippen molar-refractivity contribution in [1.82, 2.24) is 0 Å². The van der Waals surface area contributed by atoms with Crippen LogP contribution in [0.25, 0.3) is 0 Å². The van der Waals surface area contributed by atoms with Gasteiger partial charge >= 0.3 is 0 Å². The average Bonchev–Trinajstić information content (AvgIpc) is 2.32. The predicted octanol–water partition coefficient (Wildman–Crippen LogP) is 4.43. The van der Waals surface area contributed by atoms with E-state index in [9.17, 15) is 0 Å². The van der Waals surface area contributed by atoms with Crippen LogP contribution in [-0.4, -0.2) is 0 Å². The molecule has 0 heterocycles. The molecule has 0 aromatic heterocycles. The molecule has 0 fully saturated rings. The van der Waals surface area contributed by atoms with Gasteiger partial charge < -0.3 is 0 Å². The molecule has 1 nitrogen and oxygen atoms in total. The second kappa shape index (κ2) is 7.12. The fourth-order valence-corrected chi connectivity index (χ4v) is 2.27. The zero-order chi connectivity index (χ0) is 12.7. The lowest BCUT2D eigenvalue weighted by molar-refractivity contribution is 0.614. The molecule has 0 saturated heterocycles. The van der Waals surface area contributed by atoms with Crippen molar-refractivity contribution in [2.45, 2.75) is 52.9 Å². The first-order valence-electron chi connectivity index (χ1n) is 6.66. The minimum absolute atomic E-state index is 0.189. The first-order valence-corrected chi connectivity index (χ1v) is 6.66. The summed E-state index contributed by atoms with van der Waals surface area (Å²) in [5.41, 5.74) is 4.41. The second-order valence-corrected chi connectivity index (χ2v) is 4.88. The maximum atomic E-state index is 8.78. The molecule has 1 aromatic rings. The number of benzene rings is 1. The van der Waals surface area contributed by atoms with Gasteiger partial charge in [0.1, 0.15) is 0 Å². The third-order valence-electron chi connectivity index (χ3n) is 3.31. The monoisotopic (exact) mass is 229 g/mol. The largest absolute Gasteiger partial charge is 0.198 e. The zero-order valence-electron chi connectivity index (χ0n) is 11.3. The fourth-order valence-electron chi connectivity index (χ4n) is 2.27. The lowest BCUT2D eigenvalue weighted by atomic mass is 9.93. The molecule has 0 radical (unpaired) electrons. The van der Waals surface area contributed by atoms with Crippen LogP contribution < -0.4 is 0 Å². The molecule has 0 N–H and O–H groups in total. The normalized spacial score (nSPS) is 12.1. The van der Waals surface area contributed by atoms with Gasteiger partial charge in [-0.2, -0.15) is 5.26 Å². The third kappa shape index (κ3) is 4.23. The molecule has 17 heavy (non-hydrogen) atoms.